The van der Waals surface area contributed by atoms with Crippen molar-refractivity contribution < 1.29 is 19.1 Å². The number of carbonyl (C=O) groups is 3. The summed E-state index contributed by atoms with van der Waals surface area (Å²) in [5.74, 6) is -0.869. The number of aryl methyl sites for hydroxylation is 1. The zero-order chi connectivity index (χ0) is 17.4. The number of rotatable bonds is 7. The molecule has 3 amide bonds. The van der Waals surface area contributed by atoms with Crippen LogP contribution in [0.4, 0.5) is 9.93 Å². The van der Waals surface area contributed by atoms with E-state index < -0.39 is 12.0 Å². The van der Waals surface area contributed by atoms with E-state index in [4.69, 9.17) is 4.74 Å². The average Bonchev–Trinajstić information content (AvgIpc) is 2.87. The highest BCUT2D eigenvalue weighted by molar-refractivity contribution is 7.15. The third-order valence-corrected chi connectivity index (χ3v) is 3.58. The topological polar surface area (TPSA) is 101 Å². The first kappa shape index (κ1) is 18.9. The molecule has 1 rings (SSSR count). The van der Waals surface area contributed by atoms with Crippen LogP contribution in [0.3, 0.4) is 0 Å². The third-order valence-electron chi connectivity index (χ3n) is 2.76. The van der Waals surface area contributed by atoms with Gasteiger partial charge in [0.1, 0.15) is 13.1 Å². The van der Waals surface area contributed by atoms with Gasteiger partial charge in [-0.2, -0.15) is 0 Å². The van der Waals surface area contributed by atoms with Crippen molar-refractivity contribution in [2.45, 2.75) is 33.7 Å². The van der Waals surface area contributed by atoms with E-state index >= 15 is 0 Å². The molecule has 0 aliphatic carbocycles. The van der Waals surface area contributed by atoms with Gasteiger partial charge in [-0.15, -0.1) is 11.3 Å². The molecule has 0 aliphatic heterocycles. The summed E-state index contributed by atoms with van der Waals surface area (Å²) in [6.07, 6.45) is 1.66. The highest BCUT2D eigenvalue weighted by atomic mass is 32.1. The Morgan fingerprint density at radius 3 is 2.61 bits per heavy atom. The molecule has 1 heterocycles. The monoisotopic (exact) mass is 342 g/mol. The van der Waals surface area contributed by atoms with Crippen molar-refractivity contribution in [3.63, 3.8) is 0 Å². The Kier molecular flexibility index (Phi) is 7.46. The van der Waals surface area contributed by atoms with E-state index in [0.717, 1.165) is 4.88 Å². The van der Waals surface area contributed by atoms with Crippen LogP contribution in [0, 0.1) is 6.92 Å². The zero-order valence-electron chi connectivity index (χ0n) is 13.7. The number of nitrogens with zero attached hydrogens (tertiary/aromatic N) is 2. The Hall–Kier alpha value is -2.16. The fraction of sp³-hybridized carbons (Fsp3) is 0.571. The van der Waals surface area contributed by atoms with E-state index in [0.29, 0.717) is 5.13 Å². The standard InChI is InChI=1S/C14H22N4O4S/c1-5-22-12(20)7-16-14(21)18(9(2)3)8-11(19)17-13-15-6-10(4)23-13/h6,9H,5,7-8H2,1-4H3,(H,16,21)(H,15,17,19). The summed E-state index contributed by atoms with van der Waals surface area (Å²) in [6.45, 7) is 7.02. The Balaban J connectivity index is 2.54. The molecular formula is C14H22N4O4S. The predicted octanol–water partition coefficient (Wildman–Crippen LogP) is 1.37. The maximum absolute atomic E-state index is 12.1. The van der Waals surface area contributed by atoms with E-state index in [9.17, 15) is 14.4 Å². The molecule has 1 aromatic heterocycles. The van der Waals surface area contributed by atoms with Crippen molar-refractivity contribution in [1.29, 1.82) is 0 Å². The second-order valence-electron chi connectivity index (χ2n) is 5.01. The van der Waals surface area contributed by atoms with Gasteiger partial charge in [-0.3, -0.25) is 9.59 Å². The molecule has 0 aliphatic rings. The van der Waals surface area contributed by atoms with Crippen LogP contribution in [0.15, 0.2) is 6.20 Å². The molecule has 23 heavy (non-hydrogen) atoms. The lowest BCUT2D eigenvalue weighted by Crippen LogP contribution is -2.48. The van der Waals surface area contributed by atoms with Crippen LogP contribution in [-0.4, -0.2) is 53.5 Å². The first-order valence-corrected chi connectivity index (χ1v) is 8.07. The molecular weight excluding hydrogens is 320 g/mol. The van der Waals surface area contributed by atoms with Gasteiger partial charge in [0.25, 0.3) is 0 Å². The second kappa shape index (κ2) is 9.09. The maximum Gasteiger partial charge on any atom is 0.325 e. The molecule has 0 aromatic carbocycles. The van der Waals surface area contributed by atoms with Crippen molar-refractivity contribution in [2.75, 3.05) is 25.0 Å². The van der Waals surface area contributed by atoms with Gasteiger partial charge in [-0.05, 0) is 27.7 Å². The largest absolute Gasteiger partial charge is 0.465 e. The lowest BCUT2D eigenvalue weighted by atomic mass is 10.3. The molecule has 0 saturated heterocycles. The highest BCUT2D eigenvalue weighted by Crippen LogP contribution is 2.16. The van der Waals surface area contributed by atoms with Crippen molar-refractivity contribution in [2.24, 2.45) is 0 Å². The Morgan fingerprint density at radius 1 is 1.39 bits per heavy atom. The van der Waals surface area contributed by atoms with Gasteiger partial charge >= 0.3 is 12.0 Å². The van der Waals surface area contributed by atoms with E-state index in [1.807, 2.05) is 6.92 Å². The van der Waals surface area contributed by atoms with Crippen molar-refractivity contribution in [3.05, 3.63) is 11.1 Å². The average molecular weight is 342 g/mol. The molecule has 2 N–H and O–H groups in total. The van der Waals surface area contributed by atoms with Crippen LogP contribution in [0.25, 0.3) is 0 Å². The zero-order valence-corrected chi connectivity index (χ0v) is 14.5. The van der Waals surface area contributed by atoms with E-state index in [1.54, 1.807) is 27.0 Å². The summed E-state index contributed by atoms with van der Waals surface area (Å²) >= 11 is 1.36. The van der Waals surface area contributed by atoms with Gasteiger partial charge in [0.05, 0.1) is 6.61 Å². The van der Waals surface area contributed by atoms with Gasteiger partial charge in [0, 0.05) is 17.1 Å². The fourth-order valence-electron chi connectivity index (χ4n) is 1.68. The SMILES string of the molecule is CCOC(=O)CNC(=O)N(CC(=O)Nc1ncc(C)s1)C(C)C. The predicted molar refractivity (Wildman–Crippen MR) is 87.4 cm³/mol. The molecule has 8 nitrogen and oxygen atoms in total. The van der Waals surface area contributed by atoms with Crippen LogP contribution in [0.2, 0.25) is 0 Å². The Morgan fingerprint density at radius 2 is 2.09 bits per heavy atom. The van der Waals surface area contributed by atoms with Gasteiger partial charge in [0.15, 0.2) is 5.13 Å². The number of hydrogen-bond acceptors (Lipinski definition) is 6. The maximum atomic E-state index is 12.1. The first-order valence-electron chi connectivity index (χ1n) is 7.25. The number of esters is 1. The van der Waals surface area contributed by atoms with Crippen LogP contribution < -0.4 is 10.6 Å². The number of nitrogens with one attached hydrogen (secondary N) is 2. The van der Waals surface area contributed by atoms with Crippen molar-refractivity contribution >= 4 is 34.4 Å². The summed E-state index contributed by atoms with van der Waals surface area (Å²) in [5, 5.41) is 5.57. The quantitative estimate of drug-likeness (QED) is 0.729. The van der Waals surface area contributed by atoms with Gasteiger partial charge < -0.3 is 20.3 Å². The number of ether oxygens (including phenoxy) is 1. The van der Waals surface area contributed by atoms with Gasteiger partial charge in [0.2, 0.25) is 5.91 Å². The first-order chi connectivity index (χ1) is 10.8. The molecule has 0 saturated carbocycles. The summed E-state index contributed by atoms with van der Waals surface area (Å²) in [4.78, 5) is 41.7. The Bertz CT molecular complexity index is 559. The molecule has 0 fully saturated rings. The molecule has 128 valence electrons. The van der Waals surface area contributed by atoms with Crippen molar-refractivity contribution in [1.82, 2.24) is 15.2 Å². The van der Waals surface area contributed by atoms with E-state index in [1.165, 1.54) is 16.2 Å². The molecule has 0 atom stereocenters. The number of anilines is 1. The minimum absolute atomic E-state index is 0.134. The molecule has 0 bridgehead atoms. The minimum atomic E-state index is -0.521. The molecule has 9 heteroatoms. The number of thiazole rings is 1. The van der Waals surface area contributed by atoms with Crippen molar-refractivity contribution in [3.8, 4) is 0 Å². The summed E-state index contributed by atoms with van der Waals surface area (Å²) in [6, 6.07) is -0.709. The summed E-state index contributed by atoms with van der Waals surface area (Å²) < 4.78 is 4.74. The summed E-state index contributed by atoms with van der Waals surface area (Å²) in [7, 11) is 0. The number of hydrogen-bond donors (Lipinski definition) is 2. The normalized spacial score (nSPS) is 10.3. The lowest BCUT2D eigenvalue weighted by molar-refractivity contribution is -0.141. The molecule has 0 spiro atoms. The number of aromatic nitrogens is 1. The van der Waals surface area contributed by atoms with Gasteiger partial charge in [-0.1, -0.05) is 0 Å². The molecule has 1 aromatic rings. The number of amides is 3. The van der Waals surface area contributed by atoms with E-state index in [-0.39, 0.29) is 31.6 Å². The van der Waals surface area contributed by atoms with Crippen LogP contribution in [0.1, 0.15) is 25.6 Å². The smallest absolute Gasteiger partial charge is 0.325 e. The van der Waals surface area contributed by atoms with Crippen LogP contribution in [0.5, 0.6) is 0 Å². The van der Waals surface area contributed by atoms with Crippen LogP contribution in [-0.2, 0) is 14.3 Å². The fourth-order valence-corrected chi connectivity index (χ4v) is 2.36. The third kappa shape index (κ3) is 6.64. The summed E-state index contributed by atoms with van der Waals surface area (Å²) in [5.41, 5.74) is 0. The van der Waals surface area contributed by atoms with Crippen LogP contribution >= 0.6 is 11.3 Å². The van der Waals surface area contributed by atoms with E-state index in [2.05, 4.69) is 15.6 Å². The Labute approximate surface area is 139 Å². The number of carbonyl (C=O) groups excluding carboxylic acids is 3. The lowest BCUT2D eigenvalue weighted by Gasteiger charge is -2.26. The molecule has 0 unspecified atom stereocenters. The number of urea groups is 1. The highest BCUT2D eigenvalue weighted by Gasteiger charge is 2.21. The minimum Gasteiger partial charge on any atom is -0.465 e. The van der Waals surface area contributed by atoms with Gasteiger partial charge in [-0.25, -0.2) is 9.78 Å². The second-order valence-corrected chi connectivity index (χ2v) is 6.24. The molecule has 0 radical (unpaired) electrons.